The first-order valence-electron chi connectivity index (χ1n) is 11.0. The molecule has 6 nitrogen and oxygen atoms in total. The summed E-state index contributed by atoms with van der Waals surface area (Å²) in [6.45, 7) is 7.16. The molecule has 2 aromatic heterocycles. The number of nitrogens with zero attached hydrogens (tertiary/aromatic N) is 3. The van der Waals surface area contributed by atoms with E-state index >= 15 is 0 Å². The second-order valence-electron chi connectivity index (χ2n) is 8.42. The normalized spacial score (nSPS) is 16.3. The standard InChI is InChI=1S/C24H30N4O2S/c1-17-5-7-19(8-6-17)24-27-26-23(30-24)10-9-22(29)25-16-20(21-4-3-15-31-21)28-13-11-18(2)12-14-28/h3-8,15,18,20H,9-14,16H2,1-2H3,(H,25,29)/t20-/m1/s1. The van der Waals surface area contributed by atoms with Gasteiger partial charge in [0.05, 0.1) is 6.04 Å². The van der Waals surface area contributed by atoms with Crippen molar-refractivity contribution in [2.45, 2.75) is 45.6 Å². The van der Waals surface area contributed by atoms with E-state index in [0.29, 0.717) is 31.2 Å². The number of piperidine rings is 1. The number of thiophene rings is 1. The van der Waals surface area contributed by atoms with Crippen molar-refractivity contribution in [3.8, 4) is 11.5 Å². The summed E-state index contributed by atoms with van der Waals surface area (Å²) in [5.74, 6) is 1.79. The van der Waals surface area contributed by atoms with Gasteiger partial charge in [-0.15, -0.1) is 21.5 Å². The van der Waals surface area contributed by atoms with Gasteiger partial charge in [-0.25, -0.2) is 0 Å². The van der Waals surface area contributed by atoms with Gasteiger partial charge in [-0.3, -0.25) is 9.69 Å². The summed E-state index contributed by atoms with van der Waals surface area (Å²) in [5, 5.41) is 13.5. The fourth-order valence-corrected chi connectivity index (χ4v) is 4.78. The molecular weight excluding hydrogens is 408 g/mol. The molecule has 0 bridgehead atoms. The maximum absolute atomic E-state index is 12.5. The average molecular weight is 439 g/mol. The number of aryl methyl sites for hydroxylation is 2. The van der Waals surface area contributed by atoms with E-state index in [2.05, 4.69) is 44.9 Å². The van der Waals surface area contributed by atoms with Crippen LogP contribution in [-0.4, -0.2) is 40.6 Å². The predicted octanol–water partition coefficient (Wildman–Crippen LogP) is 4.63. The molecule has 164 valence electrons. The Hall–Kier alpha value is -2.51. The Kier molecular flexibility index (Phi) is 7.14. The van der Waals surface area contributed by atoms with Gasteiger partial charge < -0.3 is 9.73 Å². The number of aromatic nitrogens is 2. The molecule has 0 aliphatic carbocycles. The highest BCUT2D eigenvalue weighted by Gasteiger charge is 2.25. The lowest BCUT2D eigenvalue weighted by molar-refractivity contribution is -0.121. The first-order chi connectivity index (χ1) is 15.1. The summed E-state index contributed by atoms with van der Waals surface area (Å²) in [5.41, 5.74) is 2.07. The van der Waals surface area contributed by atoms with E-state index in [1.54, 1.807) is 11.3 Å². The fourth-order valence-electron chi connectivity index (χ4n) is 3.92. The SMILES string of the molecule is Cc1ccc(-c2nnc(CCC(=O)NC[C@H](c3cccs3)N3CCC(C)CC3)o2)cc1. The Balaban J connectivity index is 1.29. The van der Waals surface area contributed by atoms with Crippen molar-refractivity contribution in [2.75, 3.05) is 19.6 Å². The molecule has 1 saturated heterocycles. The van der Waals surface area contributed by atoms with Gasteiger partial charge in [-0.1, -0.05) is 30.7 Å². The van der Waals surface area contributed by atoms with Gasteiger partial charge in [0, 0.05) is 29.8 Å². The lowest BCUT2D eigenvalue weighted by atomic mass is 9.97. The number of nitrogens with one attached hydrogen (secondary N) is 1. The Morgan fingerprint density at radius 3 is 2.71 bits per heavy atom. The van der Waals surface area contributed by atoms with Crippen LogP contribution in [0.2, 0.25) is 0 Å². The minimum Gasteiger partial charge on any atom is -0.421 e. The second kappa shape index (κ2) is 10.2. The summed E-state index contributed by atoms with van der Waals surface area (Å²) in [7, 11) is 0. The number of carbonyl (C=O) groups excluding carboxylic acids is 1. The summed E-state index contributed by atoms with van der Waals surface area (Å²) in [6.07, 6.45) is 3.21. The van der Waals surface area contributed by atoms with Crippen LogP contribution in [0.4, 0.5) is 0 Å². The third-order valence-electron chi connectivity index (χ3n) is 5.95. The van der Waals surface area contributed by atoms with Crippen molar-refractivity contribution in [1.29, 1.82) is 0 Å². The molecule has 0 spiro atoms. The van der Waals surface area contributed by atoms with Crippen LogP contribution in [0.25, 0.3) is 11.5 Å². The average Bonchev–Trinajstić information content (AvgIpc) is 3.47. The molecule has 1 aliphatic rings. The fraction of sp³-hybridized carbons (Fsp3) is 0.458. The zero-order valence-electron chi connectivity index (χ0n) is 18.2. The quantitative estimate of drug-likeness (QED) is 0.555. The van der Waals surface area contributed by atoms with Crippen LogP contribution < -0.4 is 5.32 Å². The number of carbonyl (C=O) groups is 1. The summed E-state index contributed by atoms with van der Waals surface area (Å²) < 4.78 is 5.74. The van der Waals surface area contributed by atoms with Crippen molar-refractivity contribution in [2.24, 2.45) is 5.92 Å². The Morgan fingerprint density at radius 1 is 1.23 bits per heavy atom. The monoisotopic (exact) mass is 438 g/mol. The maximum Gasteiger partial charge on any atom is 0.247 e. The first kappa shape index (κ1) is 21.7. The van der Waals surface area contributed by atoms with Crippen molar-refractivity contribution < 1.29 is 9.21 Å². The van der Waals surface area contributed by atoms with E-state index in [4.69, 9.17) is 4.42 Å². The topological polar surface area (TPSA) is 71.3 Å². The van der Waals surface area contributed by atoms with Gasteiger partial charge in [0.2, 0.25) is 17.7 Å². The molecule has 4 rings (SSSR count). The third kappa shape index (κ3) is 5.80. The minimum absolute atomic E-state index is 0.0158. The molecule has 1 N–H and O–H groups in total. The molecule has 1 fully saturated rings. The molecule has 7 heteroatoms. The molecule has 1 amide bonds. The molecular formula is C24H30N4O2S. The molecule has 3 heterocycles. The van der Waals surface area contributed by atoms with Crippen molar-refractivity contribution in [3.05, 3.63) is 58.1 Å². The molecule has 1 atom stereocenters. The van der Waals surface area contributed by atoms with Crippen LogP contribution in [0.15, 0.2) is 46.2 Å². The number of benzene rings is 1. The van der Waals surface area contributed by atoms with Gasteiger partial charge in [-0.2, -0.15) is 0 Å². The van der Waals surface area contributed by atoms with Crippen LogP contribution in [0.1, 0.15) is 48.6 Å². The van der Waals surface area contributed by atoms with E-state index in [-0.39, 0.29) is 11.9 Å². The molecule has 0 saturated carbocycles. The van der Waals surface area contributed by atoms with Crippen LogP contribution in [0.3, 0.4) is 0 Å². The van der Waals surface area contributed by atoms with Gasteiger partial charge in [0.25, 0.3) is 0 Å². The number of rotatable bonds is 8. The van der Waals surface area contributed by atoms with Crippen LogP contribution in [-0.2, 0) is 11.2 Å². The summed E-state index contributed by atoms with van der Waals surface area (Å²) >= 11 is 1.76. The Morgan fingerprint density at radius 2 is 2.00 bits per heavy atom. The van der Waals surface area contributed by atoms with Crippen molar-refractivity contribution in [1.82, 2.24) is 20.4 Å². The maximum atomic E-state index is 12.5. The van der Waals surface area contributed by atoms with Crippen molar-refractivity contribution >= 4 is 17.2 Å². The molecule has 0 unspecified atom stereocenters. The van der Waals surface area contributed by atoms with Crippen LogP contribution in [0.5, 0.6) is 0 Å². The lowest BCUT2D eigenvalue weighted by Crippen LogP contribution is -2.41. The van der Waals surface area contributed by atoms with Gasteiger partial charge >= 0.3 is 0 Å². The van der Waals surface area contributed by atoms with Crippen LogP contribution >= 0.6 is 11.3 Å². The number of hydrogen-bond donors (Lipinski definition) is 1. The van der Waals surface area contributed by atoms with Crippen molar-refractivity contribution in [3.63, 3.8) is 0 Å². The molecule has 0 radical (unpaired) electrons. The minimum atomic E-state index is 0.0158. The molecule has 1 aromatic carbocycles. The highest BCUT2D eigenvalue weighted by Crippen LogP contribution is 2.29. The van der Waals surface area contributed by atoms with E-state index < -0.39 is 0 Å². The van der Waals surface area contributed by atoms with E-state index in [1.807, 2.05) is 31.2 Å². The Labute approximate surface area is 187 Å². The number of amides is 1. The largest absolute Gasteiger partial charge is 0.421 e. The van der Waals surface area contributed by atoms with E-state index in [9.17, 15) is 4.79 Å². The highest BCUT2D eigenvalue weighted by atomic mass is 32.1. The summed E-state index contributed by atoms with van der Waals surface area (Å²) in [6, 6.07) is 12.5. The number of likely N-dealkylation sites (tertiary alicyclic amines) is 1. The van der Waals surface area contributed by atoms with E-state index in [0.717, 1.165) is 24.6 Å². The molecule has 1 aliphatic heterocycles. The lowest BCUT2D eigenvalue weighted by Gasteiger charge is -2.36. The summed E-state index contributed by atoms with van der Waals surface area (Å²) in [4.78, 5) is 16.3. The zero-order valence-corrected chi connectivity index (χ0v) is 19.0. The Bertz CT molecular complexity index is 960. The van der Waals surface area contributed by atoms with Gasteiger partial charge in [0.15, 0.2) is 0 Å². The van der Waals surface area contributed by atoms with Crippen LogP contribution in [0, 0.1) is 12.8 Å². The third-order valence-corrected chi connectivity index (χ3v) is 6.93. The predicted molar refractivity (Wildman–Crippen MR) is 123 cm³/mol. The highest BCUT2D eigenvalue weighted by molar-refractivity contribution is 7.10. The van der Waals surface area contributed by atoms with Gasteiger partial charge in [-0.05, 0) is 62.4 Å². The van der Waals surface area contributed by atoms with Gasteiger partial charge in [0.1, 0.15) is 0 Å². The first-order valence-corrected chi connectivity index (χ1v) is 11.9. The molecule has 3 aromatic rings. The second-order valence-corrected chi connectivity index (χ2v) is 9.40. The number of hydrogen-bond acceptors (Lipinski definition) is 6. The molecule has 31 heavy (non-hydrogen) atoms. The van der Waals surface area contributed by atoms with E-state index in [1.165, 1.54) is 23.3 Å². The smallest absolute Gasteiger partial charge is 0.247 e. The zero-order chi connectivity index (χ0) is 21.6.